The summed E-state index contributed by atoms with van der Waals surface area (Å²) in [5, 5.41) is 0. The number of amides is 1. The number of carbonyl (C=O) groups is 2. The minimum Gasteiger partial charge on any atom is -0.331 e. The molecule has 5 heteroatoms. The van der Waals surface area contributed by atoms with E-state index in [-0.39, 0.29) is 21.8 Å². The molecule has 0 aromatic carbocycles. The highest BCUT2D eigenvalue weighted by molar-refractivity contribution is 8.21. The third-order valence-electron chi connectivity index (χ3n) is 3.23. The van der Waals surface area contributed by atoms with Gasteiger partial charge in [0.25, 0.3) is 0 Å². The Kier molecular flexibility index (Phi) is 3.54. The molecule has 3 nitrogen and oxygen atoms in total. The number of carbonyl (C=O) groups excluding carboxylic acids is 2. The van der Waals surface area contributed by atoms with Crippen LogP contribution >= 0.6 is 23.5 Å². The van der Waals surface area contributed by atoms with Crippen LogP contribution in [0, 0.1) is 0 Å². The molecule has 1 atom stereocenters. The Hall–Kier alpha value is -0.160. The highest BCUT2D eigenvalue weighted by Crippen LogP contribution is 2.51. The van der Waals surface area contributed by atoms with Gasteiger partial charge in [0.05, 0.1) is 10.1 Å². The van der Waals surface area contributed by atoms with Gasteiger partial charge in [0, 0.05) is 37.8 Å². The van der Waals surface area contributed by atoms with Crippen LogP contribution in [0.4, 0.5) is 0 Å². The molecule has 0 aromatic rings. The Bertz CT molecular complexity index is 313. The maximum absolute atomic E-state index is 11.9. The van der Waals surface area contributed by atoms with E-state index in [1.54, 1.807) is 11.8 Å². The van der Waals surface area contributed by atoms with E-state index in [1.165, 1.54) is 0 Å². The van der Waals surface area contributed by atoms with E-state index >= 15 is 0 Å². The first kappa shape index (κ1) is 12.3. The predicted molar refractivity (Wildman–Crippen MR) is 68.7 cm³/mol. The fraction of sp³-hybridized carbons (Fsp3) is 0.818. The molecule has 1 spiro atoms. The molecule has 2 aliphatic heterocycles. The molecule has 2 rings (SSSR count). The van der Waals surface area contributed by atoms with Crippen molar-refractivity contribution in [3.63, 3.8) is 0 Å². The lowest BCUT2D eigenvalue weighted by Crippen LogP contribution is -2.39. The van der Waals surface area contributed by atoms with Crippen LogP contribution in [0.5, 0.6) is 0 Å². The first-order chi connectivity index (χ1) is 7.58. The third kappa shape index (κ3) is 2.12. The smallest absolute Gasteiger partial charge is 0.220 e. The number of ketones is 1. The topological polar surface area (TPSA) is 37.4 Å². The van der Waals surface area contributed by atoms with Crippen LogP contribution in [0.25, 0.3) is 0 Å². The number of likely N-dealkylation sites (tertiary alicyclic amines) is 1. The van der Waals surface area contributed by atoms with Crippen molar-refractivity contribution in [3.05, 3.63) is 0 Å². The van der Waals surface area contributed by atoms with Gasteiger partial charge in [-0.3, -0.25) is 9.59 Å². The molecule has 1 amide bonds. The Morgan fingerprint density at radius 2 is 2.00 bits per heavy atom. The monoisotopic (exact) mass is 259 g/mol. The average Bonchev–Trinajstić information content (AvgIpc) is 2.86. The fourth-order valence-corrected chi connectivity index (χ4v) is 5.66. The molecular weight excluding hydrogens is 242 g/mol. The van der Waals surface area contributed by atoms with Gasteiger partial charge in [-0.05, 0) is 0 Å². The first-order valence-corrected chi connectivity index (χ1v) is 7.63. The van der Waals surface area contributed by atoms with Crippen LogP contribution in [0.3, 0.4) is 0 Å². The molecule has 0 N–H and O–H groups in total. The van der Waals surface area contributed by atoms with E-state index in [2.05, 4.69) is 0 Å². The quantitative estimate of drug-likeness (QED) is 0.757. The summed E-state index contributed by atoms with van der Waals surface area (Å²) in [4.78, 5) is 25.2. The lowest BCUT2D eigenvalue weighted by atomic mass is 10.1. The maximum atomic E-state index is 11.9. The molecule has 2 fully saturated rings. The molecule has 2 saturated heterocycles. The molecule has 0 bridgehead atoms. The van der Waals surface area contributed by atoms with Gasteiger partial charge in [-0.1, -0.05) is 6.92 Å². The van der Waals surface area contributed by atoms with Crippen LogP contribution in [-0.4, -0.2) is 44.8 Å². The number of nitrogens with zero attached hydrogens (tertiary/aromatic N) is 1. The van der Waals surface area contributed by atoms with E-state index < -0.39 is 0 Å². The van der Waals surface area contributed by atoms with Crippen molar-refractivity contribution in [1.29, 1.82) is 0 Å². The van der Waals surface area contributed by atoms with E-state index in [0.29, 0.717) is 6.42 Å². The van der Waals surface area contributed by atoms with E-state index in [0.717, 1.165) is 24.5 Å². The summed E-state index contributed by atoms with van der Waals surface area (Å²) in [6, 6.07) is -0.166. The second-order valence-electron chi connectivity index (χ2n) is 4.29. The van der Waals surface area contributed by atoms with Gasteiger partial charge in [-0.2, -0.15) is 0 Å². The van der Waals surface area contributed by atoms with Gasteiger partial charge in [-0.15, -0.1) is 23.5 Å². The predicted octanol–water partition coefficient (Wildman–Crippen LogP) is 1.76. The van der Waals surface area contributed by atoms with Crippen molar-refractivity contribution in [3.8, 4) is 0 Å². The van der Waals surface area contributed by atoms with Crippen molar-refractivity contribution in [2.75, 3.05) is 18.1 Å². The summed E-state index contributed by atoms with van der Waals surface area (Å²) in [5.74, 6) is 2.53. The fourth-order valence-electron chi connectivity index (χ4n) is 2.40. The molecule has 0 aliphatic carbocycles. The molecule has 0 aromatic heterocycles. The molecule has 90 valence electrons. The minimum absolute atomic E-state index is 0.0387. The summed E-state index contributed by atoms with van der Waals surface area (Å²) in [6.07, 6.45) is 1.37. The Morgan fingerprint density at radius 1 is 1.38 bits per heavy atom. The highest BCUT2D eigenvalue weighted by atomic mass is 32.2. The third-order valence-corrected chi connectivity index (χ3v) is 6.66. The summed E-state index contributed by atoms with van der Waals surface area (Å²) in [7, 11) is 0. The number of thioether (sulfide) groups is 2. The van der Waals surface area contributed by atoms with Crippen LogP contribution in [0.15, 0.2) is 0 Å². The number of hydrogen-bond donors (Lipinski definition) is 0. The first-order valence-electron chi connectivity index (χ1n) is 5.66. The zero-order chi connectivity index (χ0) is 11.8. The molecule has 0 radical (unpaired) electrons. The highest BCUT2D eigenvalue weighted by Gasteiger charge is 2.49. The van der Waals surface area contributed by atoms with E-state index in [9.17, 15) is 9.59 Å². The zero-order valence-corrected chi connectivity index (χ0v) is 11.3. The maximum Gasteiger partial charge on any atom is 0.220 e. The van der Waals surface area contributed by atoms with Crippen LogP contribution < -0.4 is 0 Å². The van der Waals surface area contributed by atoms with Gasteiger partial charge < -0.3 is 4.90 Å². The molecule has 16 heavy (non-hydrogen) atoms. The number of rotatable bonds is 2. The van der Waals surface area contributed by atoms with Gasteiger partial charge in [0.15, 0.2) is 5.78 Å². The minimum atomic E-state index is -0.166. The Morgan fingerprint density at radius 3 is 2.50 bits per heavy atom. The number of Topliss-reactive ketones (excluding diaryl/α,β-unsaturated/α-hetero) is 1. The summed E-state index contributed by atoms with van der Waals surface area (Å²) >= 11 is 3.84. The van der Waals surface area contributed by atoms with E-state index in [4.69, 9.17) is 0 Å². The van der Waals surface area contributed by atoms with Gasteiger partial charge >= 0.3 is 0 Å². The molecule has 0 unspecified atom stereocenters. The molecule has 2 aliphatic rings. The normalized spacial score (nSPS) is 27.6. The molecule has 2 heterocycles. The van der Waals surface area contributed by atoms with Crippen LogP contribution in [0.2, 0.25) is 0 Å². The van der Waals surface area contributed by atoms with Crippen molar-refractivity contribution in [2.24, 2.45) is 0 Å². The zero-order valence-electron chi connectivity index (χ0n) is 9.69. The largest absolute Gasteiger partial charge is 0.331 e. The second kappa shape index (κ2) is 4.61. The van der Waals surface area contributed by atoms with E-state index in [1.807, 2.05) is 30.4 Å². The van der Waals surface area contributed by atoms with Crippen LogP contribution in [0.1, 0.15) is 26.7 Å². The SMILES string of the molecule is CCC(=O)[C@@H]1CC2(CN1C(C)=O)SCCS2. The summed E-state index contributed by atoms with van der Waals surface area (Å²) in [5.41, 5.74) is 0. The molecule has 0 saturated carbocycles. The van der Waals surface area contributed by atoms with Crippen molar-refractivity contribution in [1.82, 2.24) is 4.90 Å². The number of hydrogen-bond acceptors (Lipinski definition) is 4. The summed E-state index contributed by atoms with van der Waals surface area (Å²) in [6.45, 7) is 4.19. The molecular formula is C11H17NO2S2. The Labute approximate surface area is 105 Å². The van der Waals surface area contributed by atoms with Gasteiger partial charge in [-0.25, -0.2) is 0 Å². The lowest BCUT2D eigenvalue weighted by molar-refractivity contribution is -0.135. The average molecular weight is 259 g/mol. The van der Waals surface area contributed by atoms with Crippen molar-refractivity contribution < 1.29 is 9.59 Å². The Balaban J connectivity index is 2.17. The standard InChI is InChI=1S/C11H17NO2S2/c1-3-10(14)9-6-11(15-4-5-16-11)7-12(9)8(2)13/h9H,3-7H2,1-2H3/t9-/m0/s1. The second-order valence-corrected chi connectivity index (χ2v) is 7.51. The summed E-state index contributed by atoms with van der Waals surface area (Å²) < 4.78 is 0.112. The van der Waals surface area contributed by atoms with Crippen molar-refractivity contribution >= 4 is 35.2 Å². The van der Waals surface area contributed by atoms with Gasteiger partial charge in [0.2, 0.25) is 5.91 Å². The van der Waals surface area contributed by atoms with Crippen LogP contribution in [-0.2, 0) is 9.59 Å². The van der Waals surface area contributed by atoms with Crippen molar-refractivity contribution in [2.45, 2.75) is 36.8 Å². The van der Waals surface area contributed by atoms with Gasteiger partial charge in [0.1, 0.15) is 0 Å². The lowest BCUT2D eigenvalue weighted by Gasteiger charge is -2.22.